The van der Waals surface area contributed by atoms with E-state index in [1.807, 2.05) is 17.5 Å². The number of piperazine rings is 1. The van der Waals surface area contributed by atoms with Crippen LogP contribution >= 0.6 is 11.3 Å². The maximum Gasteiger partial charge on any atom is 0.332 e. The molecule has 1 aliphatic rings. The molecule has 1 fully saturated rings. The number of rotatable bonds is 5. The van der Waals surface area contributed by atoms with Crippen LogP contribution in [0.15, 0.2) is 27.1 Å². The van der Waals surface area contributed by atoms with E-state index >= 15 is 0 Å². The number of aromatic nitrogens is 2. The fourth-order valence-corrected chi connectivity index (χ4v) is 4.23. The van der Waals surface area contributed by atoms with Crippen molar-refractivity contribution < 1.29 is 0 Å². The standard InChI is InChI=1S/C18H24N6O2S/c1-21-6-8-24(9-7-21)14(15-5-4-10-27-15)12-20-16-13(11-19)17(25)23(3)18(26)22(16)2/h4-5,10,14,20H,6-9,12H2,1-3H3. The molecule has 1 unspecified atom stereocenters. The summed E-state index contributed by atoms with van der Waals surface area (Å²) < 4.78 is 2.29. The van der Waals surface area contributed by atoms with Crippen LogP contribution in [0.3, 0.4) is 0 Å². The van der Waals surface area contributed by atoms with Gasteiger partial charge in [0.05, 0.1) is 6.04 Å². The third-order valence-electron chi connectivity index (χ3n) is 5.09. The molecule has 1 aliphatic heterocycles. The number of likely N-dealkylation sites (N-methyl/N-ethyl adjacent to an activating group) is 1. The van der Waals surface area contributed by atoms with Gasteiger partial charge in [-0.3, -0.25) is 18.8 Å². The Labute approximate surface area is 161 Å². The summed E-state index contributed by atoms with van der Waals surface area (Å²) in [6.07, 6.45) is 0. The van der Waals surface area contributed by atoms with Gasteiger partial charge in [0.25, 0.3) is 5.56 Å². The normalized spacial score (nSPS) is 16.8. The highest BCUT2D eigenvalue weighted by molar-refractivity contribution is 7.10. The Morgan fingerprint density at radius 1 is 1.19 bits per heavy atom. The summed E-state index contributed by atoms with van der Waals surface area (Å²) in [6.45, 7) is 4.40. The van der Waals surface area contributed by atoms with Crippen molar-refractivity contribution in [1.29, 1.82) is 5.26 Å². The maximum absolute atomic E-state index is 12.3. The zero-order chi connectivity index (χ0) is 19.6. The van der Waals surface area contributed by atoms with Gasteiger partial charge >= 0.3 is 5.69 Å². The molecule has 0 saturated carbocycles. The zero-order valence-electron chi connectivity index (χ0n) is 15.8. The van der Waals surface area contributed by atoms with Gasteiger partial charge in [0.1, 0.15) is 11.9 Å². The quantitative estimate of drug-likeness (QED) is 0.799. The molecule has 9 heteroatoms. The lowest BCUT2D eigenvalue weighted by molar-refractivity contribution is 0.118. The zero-order valence-corrected chi connectivity index (χ0v) is 16.6. The predicted octanol–water partition coefficient (Wildman–Crippen LogP) is 0.418. The first-order valence-corrected chi connectivity index (χ1v) is 9.72. The number of thiophene rings is 1. The molecule has 0 aromatic carbocycles. The minimum absolute atomic E-state index is 0.0390. The molecular formula is C18H24N6O2S. The molecule has 2 aromatic heterocycles. The number of nitrogens with one attached hydrogen (secondary N) is 1. The molecule has 3 rings (SSSR count). The molecule has 144 valence electrons. The fourth-order valence-electron chi connectivity index (χ4n) is 3.37. The summed E-state index contributed by atoms with van der Waals surface area (Å²) >= 11 is 1.69. The van der Waals surface area contributed by atoms with E-state index in [1.54, 1.807) is 18.4 Å². The van der Waals surface area contributed by atoms with Crippen LogP contribution in [0.5, 0.6) is 0 Å². The van der Waals surface area contributed by atoms with Crippen molar-refractivity contribution in [1.82, 2.24) is 18.9 Å². The summed E-state index contributed by atoms with van der Waals surface area (Å²) in [5.74, 6) is 0.279. The van der Waals surface area contributed by atoms with Gasteiger partial charge in [0, 0.05) is 51.7 Å². The highest BCUT2D eigenvalue weighted by Crippen LogP contribution is 2.26. The monoisotopic (exact) mass is 388 g/mol. The Hall–Kier alpha value is -2.41. The van der Waals surface area contributed by atoms with Crippen molar-refractivity contribution in [3.8, 4) is 6.07 Å². The van der Waals surface area contributed by atoms with Crippen molar-refractivity contribution in [2.75, 3.05) is 45.1 Å². The summed E-state index contributed by atoms with van der Waals surface area (Å²) in [7, 11) is 5.07. The van der Waals surface area contributed by atoms with Crippen molar-refractivity contribution in [3.05, 3.63) is 48.8 Å². The highest BCUT2D eigenvalue weighted by Gasteiger charge is 2.25. The van der Waals surface area contributed by atoms with Gasteiger partial charge in [-0.15, -0.1) is 11.3 Å². The molecule has 1 atom stereocenters. The molecule has 0 spiro atoms. The first kappa shape index (κ1) is 19.4. The number of nitriles is 1. The molecule has 0 bridgehead atoms. The lowest BCUT2D eigenvalue weighted by Gasteiger charge is -2.38. The van der Waals surface area contributed by atoms with Gasteiger partial charge in [-0.2, -0.15) is 5.26 Å². The number of anilines is 1. The third-order valence-corrected chi connectivity index (χ3v) is 6.06. The van der Waals surface area contributed by atoms with Gasteiger partial charge in [-0.05, 0) is 18.5 Å². The number of hydrogen-bond donors (Lipinski definition) is 1. The van der Waals surface area contributed by atoms with Crippen molar-refractivity contribution in [3.63, 3.8) is 0 Å². The van der Waals surface area contributed by atoms with E-state index in [4.69, 9.17) is 0 Å². The van der Waals surface area contributed by atoms with Crippen molar-refractivity contribution >= 4 is 17.2 Å². The van der Waals surface area contributed by atoms with Crippen LogP contribution in [-0.4, -0.2) is 58.7 Å². The van der Waals surface area contributed by atoms with Gasteiger partial charge < -0.3 is 10.2 Å². The second kappa shape index (κ2) is 8.08. The van der Waals surface area contributed by atoms with Gasteiger partial charge in [-0.1, -0.05) is 6.07 Å². The van der Waals surface area contributed by atoms with Crippen LogP contribution in [0.25, 0.3) is 0 Å². The summed E-state index contributed by atoms with van der Waals surface area (Å²) in [6, 6.07) is 6.18. The molecule has 3 heterocycles. The van der Waals surface area contributed by atoms with E-state index in [1.165, 1.54) is 16.5 Å². The predicted molar refractivity (Wildman–Crippen MR) is 106 cm³/mol. The largest absolute Gasteiger partial charge is 0.368 e. The van der Waals surface area contributed by atoms with Crippen LogP contribution in [-0.2, 0) is 14.1 Å². The minimum atomic E-state index is -0.574. The van der Waals surface area contributed by atoms with E-state index in [-0.39, 0.29) is 17.4 Å². The van der Waals surface area contributed by atoms with E-state index in [0.717, 1.165) is 30.7 Å². The second-order valence-corrected chi connectivity index (χ2v) is 7.77. The van der Waals surface area contributed by atoms with Crippen molar-refractivity contribution in [2.24, 2.45) is 14.1 Å². The van der Waals surface area contributed by atoms with Crippen LogP contribution in [0.4, 0.5) is 5.82 Å². The van der Waals surface area contributed by atoms with Crippen LogP contribution < -0.4 is 16.6 Å². The highest BCUT2D eigenvalue weighted by atomic mass is 32.1. The first-order valence-electron chi connectivity index (χ1n) is 8.84. The first-order chi connectivity index (χ1) is 12.9. The summed E-state index contributed by atoms with van der Waals surface area (Å²) in [5.41, 5.74) is -1.06. The lowest BCUT2D eigenvalue weighted by Crippen LogP contribution is -2.47. The molecule has 1 N–H and O–H groups in total. The average molecular weight is 388 g/mol. The Morgan fingerprint density at radius 3 is 2.48 bits per heavy atom. The molecule has 27 heavy (non-hydrogen) atoms. The minimum Gasteiger partial charge on any atom is -0.368 e. The van der Waals surface area contributed by atoms with E-state index in [9.17, 15) is 14.9 Å². The lowest BCUT2D eigenvalue weighted by atomic mass is 10.1. The SMILES string of the molecule is CN1CCN(C(CNc2c(C#N)c(=O)n(C)c(=O)n2C)c2cccs2)CC1. The smallest absolute Gasteiger partial charge is 0.332 e. The fraction of sp³-hybridized carbons (Fsp3) is 0.500. The average Bonchev–Trinajstić information content (AvgIpc) is 3.20. The van der Waals surface area contributed by atoms with E-state index in [2.05, 4.69) is 28.2 Å². The summed E-state index contributed by atoms with van der Waals surface area (Å²) in [4.78, 5) is 30.5. The topological polar surface area (TPSA) is 86.3 Å². The van der Waals surface area contributed by atoms with Crippen LogP contribution in [0.1, 0.15) is 16.5 Å². The van der Waals surface area contributed by atoms with E-state index in [0.29, 0.717) is 6.54 Å². The molecule has 8 nitrogen and oxygen atoms in total. The molecule has 0 amide bonds. The van der Waals surface area contributed by atoms with E-state index < -0.39 is 11.2 Å². The van der Waals surface area contributed by atoms with Crippen LogP contribution in [0.2, 0.25) is 0 Å². The Kier molecular flexibility index (Phi) is 5.79. The summed E-state index contributed by atoms with van der Waals surface area (Å²) in [5, 5.41) is 14.7. The van der Waals surface area contributed by atoms with Gasteiger partial charge in [-0.25, -0.2) is 4.79 Å². The molecule has 2 aromatic rings. The van der Waals surface area contributed by atoms with Gasteiger partial charge in [0.15, 0.2) is 5.56 Å². The third kappa shape index (κ3) is 3.83. The van der Waals surface area contributed by atoms with Gasteiger partial charge in [0.2, 0.25) is 0 Å². The number of nitrogens with zero attached hydrogens (tertiary/aromatic N) is 5. The molecule has 1 saturated heterocycles. The Balaban J connectivity index is 1.90. The second-order valence-electron chi connectivity index (χ2n) is 6.79. The Morgan fingerprint density at radius 2 is 1.89 bits per heavy atom. The van der Waals surface area contributed by atoms with Crippen molar-refractivity contribution in [2.45, 2.75) is 6.04 Å². The Bertz CT molecular complexity index is 948. The molecular weight excluding hydrogens is 364 g/mol. The molecule has 0 radical (unpaired) electrons. The molecule has 0 aliphatic carbocycles. The number of hydrogen-bond acceptors (Lipinski definition) is 7. The maximum atomic E-state index is 12.3. The van der Waals surface area contributed by atoms with Crippen LogP contribution in [0, 0.1) is 11.3 Å².